The van der Waals surface area contributed by atoms with Gasteiger partial charge in [0.15, 0.2) is 0 Å². The van der Waals surface area contributed by atoms with Gasteiger partial charge in [0.25, 0.3) is 0 Å². The summed E-state index contributed by atoms with van der Waals surface area (Å²) in [7, 11) is 0. The van der Waals surface area contributed by atoms with Crippen molar-refractivity contribution in [3.63, 3.8) is 0 Å². The third-order valence-electron chi connectivity index (χ3n) is 1.74. The lowest BCUT2D eigenvalue weighted by atomic mass is 10.2. The smallest absolute Gasteiger partial charge is 0.244 e. The van der Waals surface area contributed by atoms with Crippen molar-refractivity contribution >= 4 is 5.97 Å². The molecule has 2 rings (SSSR count). The Morgan fingerprint density at radius 3 is 2.38 bits per heavy atom. The third kappa shape index (κ3) is 2.54. The summed E-state index contributed by atoms with van der Waals surface area (Å²) < 4.78 is 0. The Bertz CT molecular complexity index is 459. The molecule has 0 aliphatic heterocycles. The first-order valence-electron chi connectivity index (χ1n) is 4.57. The molecule has 0 spiro atoms. The van der Waals surface area contributed by atoms with Gasteiger partial charge in [-0.1, -0.05) is 18.2 Å². The summed E-state index contributed by atoms with van der Waals surface area (Å²) in [6, 6.07) is 10.1. The van der Waals surface area contributed by atoms with E-state index < -0.39 is 5.97 Å². The van der Waals surface area contributed by atoms with Crippen LogP contribution in [-0.4, -0.2) is 15.9 Å². The minimum Gasteiger partial charge on any atom is -0.244 e. The highest BCUT2D eigenvalue weighted by atomic mass is 17.2. The highest BCUT2D eigenvalue weighted by Crippen LogP contribution is 2.03. The lowest BCUT2D eigenvalue weighted by Crippen LogP contribution is -2.09. The maximum Gasteiger partial charge on any atom is 0.386 e. The SMILES string of the molecule is O=C(OOc1ncccn1)c1ccccc1. The summed E-state index contributed by atoms with van der Waals surface area (Å²) in [5.41, 5.74) is 0.401. The fraction of sp³-hybridized carbons (Fsp3) is 0. The largest absolute Gasteiger partial charge is 0.386 e. The summed E-state index contributed by atoms with van der Waals surface area (Å²) in [6.45, 7) is 0. The van der Waals surface area contributed by atoms with Crippen molar-refractivity contribution in [1.29, 1.82) is 0 Å². The first-order chi connectivity index (χ1) is 7.86. The summed E-state index contributed by atoms with van der Waals surface area (Å²) in [4.78, 5) is 28.1. The van der Waals surface area contributed by atoms with Gasteiger partial charge in [-0.25, -0.2) is 24.5 Å². The second-order valence-corrected chi connectivity index (χ2v) is 2.85. The Kier molecular flexibility index (Phi) is 3.08. The monoisotopic (exact) mass is 216 g/mol. The van der Waals surface area contributed by atoms with E-state index >= 15 is 0 Å². The van der Waals surface area contributed by atoms with Crippen LogP contribution in [0.2, 0.25) is 0 Å². The van der Waals surface area contributed by atoms with Gasteiger partial charge in [-0.3, -0.25) is 0 Å². The molecule has 0 saturated carbocycles. The molecule has 0 N–H and O–H groups in total. The molecule has 0 radical (unpaired) electrons. The summed E-state index contributed by atoms with van der Waals surface area (Å²) in [5, 5.41) is 0. The maximum atomic E-state index is 11.4. The molecule has 0 unspecified atom stereocenters. The molecule has 1 aromatic carbocycles. The Balaban J connectivity index is 1.95. The van der Waals surface area contributed by atoms with Crippen LogP contribution in [0.5, 0.6) is 6.01 Å². The van der Waals surface area contributed by atoms with E-state index in [2.05, 4.69) is 19.7 Å². The van der Waals surface area contributed by atoms with Crippen LogP contribution >= 0.6 is 0 Å². The lowest BCUT2D eigenvalue weighted by Gasteiger charge is -2.01. The Hall–Kier alpha value is -2.43. The van der Waals surface area contributed by atoms with Crippen LogP contribution in [0.3, 0.4) is 0 Å². The fourth-order valence-corrected chi connectivity index (χ4v) is 1.03. The molecule has 0 amide bonds. The molecule has 0 atom stereocenters. The van der Waals surface area contributed by atoms with Gasteiger partial charge in [-0.05, 0) is 18.2 Å². The molecule has 0 fully saturated rings. The minimum absolute atomic E-state index is 0.00761. The molecule has 0 aliphatic carbocycles. The normalized spacial score (nSPS) is 9.50. The highest BCUT2D eigenvalue weighted by Gasteiger charge is 2.08. The predicted molar refractivity (Wildman–Crippen MR) is 54.5 cm³/mol. The number of benzene rings is 1. The first kappa shape index (κ1) is 10.1. The maximum absolute atomic E-state index is 11.4. The van der Waals surface area contributed by atoms with Gasteiger partial charge in [0.1, 0.15) is 0 Å². The molecular weight excluding hydrogens is 208 g/mol. The van der Waals surface area contributed by atoms with Crippen LogP contribution in [-0.2, 0) is 4.89 Å². The van der Waals surface area contributed by atoms with Crippen LogP contribution in [0, 0.1) is 0 Å². The lowest BCUT2D eigenvalue weighted by molar-refractivity contribution is -0.156. The molecule has 16 heavy (non-hydrogen) atoms. The van der Waals surface area contributed by atoms with E-state index in [-0.39, 0.29) is 6.01 Å². The molecular formula is C11H8N2O3. The average Bonchev–Trinajstić information content (AvgIpc) is 2.38. The Labute approximate surface area is 91.6 Å². The van der Waals surface area contributed by atoms with Crippen LogP contribution in [0.25, 0.3) is 0 Å². The van der Waals surface area contributed by atoms with E-state index in [9.17, 15) is 4.79 Å². The van der Waals surface area contributed by atoms with Gasteiger partial charge in [0, 0.05) is 12.4 Å². The molecule has 1 aromatic heterocycles. The van der Waals surface area contributed by atoms with Gasteiger partial charge in [-0.15, -0.1) is 0 Å². The number of hydrogen-bond donors (Lipinski definition) is 0. The molecule has 1 heterocycles. The van der Waals surface area contributed by atoms with Crippen molar-refractivity contribution in [2.45, 2.75) is 0 Å². The van der Waals surface area contributed by atoms with E-state index in [1.54, 1.807) is 36.4 Å². The van der Waals surface area contributed by atoms with E-state index in [0.717, 1.165) is 0 Å². The number of rotatable bonds is 3. The van der Waals surface area contributed by atoms with Crippen LogP contribution < -0.4 is 4.89 Å². The molecule has 5 heteroatoms. The highest BCUT2D eigenvalue weighted by molar-refractivity contribution is 5.88. The second-order valence-electron chi connectivity index (χ2n) is 2.85. The molecule has 0 saturated heterocycles. The van der Waals surface area contributed by atoms with Gasteiger partial charge in [-0.2, -0.15) is 0 Å². The van der Waals surface area contributed by atoms with Gasteiger partial charge in [0.2, 0.25) is 0 Å². The number of aromatic nitrogens is 2. The quantitative estimate of drug-likeness (QED) is 0.576. The summed E-state index contributed by atoms with van der Waals surface area (Å²) >= 11 is 0. The topological polar surface area (TPSA) is 61.3 Å². The summed E-state index contributed by atoms with van der Waals surface area (Å²) in [6.07, 6.45) is 2.97. The molecule has 80 valence electrons. The van der Waals surface area contributed by atoms with Crippen molar-refractivity contribution < 1.29 is 14.6 Å². The Morgan fingerprint density at radius 2 is 1.69 bits per heavy atom. The van der Waals surface area contributed by atoms with Crippen molar-refractivity contribution in [1.82, 2.24) is 9.97 Å². The van der Waals surface area contributed by atoms with Crippen molar-refractivity contribution in [3.05, 3.63) is 54.4 Å². The van der Waals surface area contributed by atoms with Crippen LogP contribution in [0.15, 0.2) is 48.8 Å². The van der Waals surface area contributed by atoms with Crippen LogP contribution in [0.4, 0.5) is 0 Å². The first-order valence-corrected chi connectivity index (χ1v) is 4.57. The zero-order valence-electron chi connectivity index (χ0n) is 8.24. The molecule has 2 aromatic rings. The number of nitrogens with zero attached hydrogens (tertiary/aromatic N) is 2. The standard InChI is InChI=1S/C11H8N2O3/c14-10(9-5-2-1-3-6-9)15-16-11-12-7-4-8-13-11/h1-8H. The molecule has 0 bridgehead atoms. The third-order valence-corrected chi connectivity index (χ3v) is 1.74. The van der Waals surface area contributed by atoms with E-state index in [1.807, 2.05) is 0 Å². The van der Waals surface area contributed by atoms with Crippen molar-refractivity contribution in [2.75, 3.05) is 0 Å². The summed E-state index contributed by atoms with van der Waals surface area (Å²) in [5.74, 6) is -0.590. The van der Waals surface area contributed by atoms with Crippen molar-refractivity contribution in [3.8, 4) is 6.01 Å². The zero-order valence-corrected chi connectivity index (χ0v) is 8.24. The van der Waals surface area contributed by atoms with E-state index in [0.29, 0.717) is 5.56 Å². The fourth-order valence-electron chi connectivity index (χ4n) is 1.03. The number of carbonyl (C=O) groups excluding carboxylic acids is 1. The van der Waals surface area contributed by atoms with Gasteiger partial charge in [0.05, 0.1) is 5.56 Å². The zero-order chi connectivity index (χ0) is 11.2. The average molecular weight is 216 g/mol. The number of hydrogen-bond acceptors (Lipinski definition) is 5. The van der Waals surface area contributed by atoms with Gasteiger partial charge >= 0.3 is 12.0 Å². The predicted octanol–water partition coefficient (Wildman–Crippen LogP) is 1.63. The number of carbonyl (C=O) groups is 1. The molecule has 0 aliphatic rings. The van der Waals surface area contributed by atoms with Crippen LogP contribution in [0.1, 0.15) is 10.4 Å². The van der Waals surface area contributed by atoms with Gasteiger partial charge < -0.3 is 0 Å². The van der Waals surface area contributed by atoms with E-state index in [1.165, 1.54) is 12.4 Å². The van der Waals surface area contributed by atoms with E-state index in [4.69, 9.17) is 0 Å². The minimum atomic E-state index is -0.590. The van der Waals surface area contributed by atoms with Crippen molar-refractivity contribution in [2.24, 2.45) is 0 Å². The second kappa shape index (κ2) is 4.88. The Morgan fingerprint density at radius 1 is 1.00 bits per heavy atom. The molecule has 5 nitrogen and oxygen atoms in total.